The summed E-state index contributed by atoms with van der Waals surface area (Å²) in [5.74, 6) is 0.250. The highest BCUT2D eigenvalue weighted by molar-refractivity contribution is 7.23. The molecule has 31 heavy (non-hydrogen) atoms. The smallest absolute Gasteiger partial charge is 0.258 e. The van der Waals surface area contributed by atoms with Crippen LogP contribution >= 0.6 is 11.3 Å². The largest absolute Gasteiger partial charge is 0.465 e. The molecule has 5 rings (SSSR count). The van der Waals surface area contributed by atoms with Crippen LogP contribution < -0.4 is 10.1 Å². The zero-order valence-electron chi connectivity index (χ0n) is 16.1. The molecule has 0 fully saturated rings. The lowest BCUT2D eigenvalue weighted by atomic mass is 10.0. The molecule has 0 bridgehead atoms. The maximum Gasteiger partial charge on any atom is 0.258 e. The van der Waals surface area contributed by atoms with Gasteiger partial charge in [0.15, 0.2) is 5.13 Å². The van der Waals surface area contributed by atoms with Crippen molar-refractivity contribution < 1.29 is 9.21 Å². The Balaban J connectivity index is 1.49. The first-order valence-electron chi connectivity index (χ1n) is 9.36. The standard InChI is InChI=1S/C22H14BN5O2S/c23-20-13-24-22(31-20)25-21(29)17(12-16-4-3-11-30-16)14-7-9-15(10-8-14)28-19-6-2-1-5-18(19)26-27-28/h1-13H,(H,24,25,29)/b17-12+. The van der Waals surface area contributed by atoms with Gasteiger partial charge in [-0.15, -0.1) is 16.4 Å². The summed E-state index contributed by atoms with van der Waals surface area (Å²) >= 11 is 1.20. The number of hydrogen-bond donors (Lipinski definition) is 1. The molecule has 0 unspecified atom stereocenters. The van der Waals surface area contributed by atoms with Crippen LogP contribution in [0.4, 0.5) is 5.13 Å². The predicted octanol–water partition coefficient (Wildman–Crippen LogP) is 3.44. The molecule has 5 aromatic rings. The first-order chi connectivity index (χ1) is 15.2. The van der Waals surface area contributed by atoms with Crippen LogP contribution in [0.1, 0.15) is 11.3 Å². The van der Waals surface area contributed by atoms with Crippen LogP contribution in [-0.2, 0) is 4.79 Å². The van der Waals surface area contributed by atoms with Crippen molar-refractivity contribution in [2.75, 3.05) is 5.32 Å². The predicted molar refractivity (Wildman–Crippen MR) is 122 cm³/mol. The van der Waals surface area contributed by atoms with Gasteiger partial charge in [-0.2, -0.15) is 0 Å². The lowest BCUT2D eigenvalue weighted by Crippen LogP contribution is -2.13. The fourth-order valence-corrected chi connectivity index (χ4v) is 3.72. The van der Waals surface area contributed by atoms with E-state index >= 15 is 0 Å². The van der Waals surface area contributed by atoms with Gasteiger partial charge in [0.05, 0.1) is 23.0 Å². The Bertz CT molecular complexity index is 1390. The lowest BCUT2D eigenvalue weighted by molar-refractivity contribution is -0.111. The number of rotatable bonds is 5. The Hall–Kier alpha value is -3.98. The van der Waals surface area contributed by atoms with Crippen molar-refractivity contribution in [1.29, 1.82) is 0 Å². The number of anilines is 1. The molecule has 0 spiro atoms. The molecule has 0 aliphatic carbocycles. The molecule has 1 N–H and O–H groups in total. The molecule has 2 aromatic carbocycles. The van der Waals surface area contributed by atoms with Crippen LogP contribution in [0.2, 0.25) is 0 Å². The number of amides is 1. The number of fused-ring (bicyclic) bond motifs is 1. The highest BCUT2D eigenvalue weighted by Crippen LogP contribution is 2.24. The Morgan fingerprint density at radius 1 is 1.10 bits per heavy atom. The number of carbonyl (C=O) groups excluding carboxylic acids is 1. The van der Waals surface area contributed by atoms with Crippen LogP contribution in [0.5, 0.6) is 0 Å². The van der Waals surface area contributed by atoms with Crippen molar-refractivity contribution in [1.82, 2.24) is 20.0 Å². The van der Waals surface area contributed by atoms with Crippen LogP contribution in [0.25, 0.3) is 28.4 Å². The number of carbonyl (C=O) groups is 1. The number of thiazole rings is 1. The van der Waals surface area contributed by atoms with E-state index in [0.29, 0.717) is 26.8 Å². The Morgan fingerprint density at radius 2 is 1.94 bits per heavy atom. The van der Waals surface area contributed by atoms with E-state index in [-0.39, 0.29) is 5.91 Å². The number of nitrogens with one attached hydrogen (secondary N) is 1. The molecule has 1 amide bonds. The first-order valence-corrected chi connectivity index (χ1v) is 10.2. The normalized spacial score (nSPS) is 11.7. The third kappa shape index (κ3) is 3.90. The lowest BCUT2D eigenvalue weighted by Gasteiger charge is -2.09. The topological polar surface area (TPSA) is 85.8 Å². The summed E-state index contributed by atoms with van der Waals surface area (Å²) in [6.45, 7) is 0. The highest BCUT2D eigenvalue weighted by Gasteiger charge is 2.16. The Morgan fingerprint density at radius 3 is 2.68 bits per heavy atom. The fourth-order valence-electron chi connectivity index (χ4n) is 3.15. The minimum absolute atomic E-state index is 0.315. The molecule has 7 nitrogen and oxygen atoms in total. The second-order valence-corrected chi connectivity index (χ2v) is 7.69. The van der Waals surface area contributed by atoms with E-state index in [1.165, 1.54) is 17.5 Å². The third-order valence-corrected chi connectivity index (χ3v) is 5.34. The summed E-state index contributed by atoms with van der Waals surface area (Å²) in [5.41, 5.74) is 3.70. The van der Waals surface area contributed by atoms with E-state index in [2.05, 4.69) is 20.6 Å². The summed E-state index contributed by atoms with van der Waals surface area (Å²) in [4.78, 5) is 17.1. The molecule has 9 heteroatoms. The van der Waals surface area contributed by atoms with Gasteiger partial charge in [0, 0.05) is 6.20 Å². The molecule has 3 aromatic heterocycles. The molecule has 0 aliphatic rings. The minimum atomic E-state index is -0.315. The number of hydrogen-bond acceptors (Lipinski definition) is 6. The highest BCUT2D eigenvalue weighted by atomic mass is 32.1. The SMILES string of the molecule is [B]c1cnc(NC(=O)/C(=C/c2ccco2)c2ccc(-n3nnc4ccccc43)cc2)s1. The van der Waals surface area contributed by atoms with E-state index in [9.17, 15) is 4.79 Å². The summed E-state index contributed by atoms with van der Waals surface area (Å²) in [6, 6.07) is 18.8. The van der Waals surface area contributed by atoms with Crippen molar-refractivity contribution in [2.24, 2.45) is 0 Å². The van der Waals surface area contributed by atoms with Crippen molar-refractivity contribution in [3.8, 4) is 5.69 Å². The molecule has 2 radical (unpaired) electrons. The first kappa shape index (κ1) is 19.0. The zero-order chi connectivity index (χ0) is 21.2. The van der Waals surface area contributed by atoms with Crippen LogP contribution in [0, 0.1) is 0 Å². The van der Waals surface area contributed by atoms with Gasteiger partial charge >= 0.3 is 0 Å². The average molecular weight is 423 g/mol. The second kappa shape index (κ2) is 8.04. The van der Waals surface area contributed by atoms with Crippen LogP contribution in [0.15, 0.2) is 77.5 Å². The average Bonchev–Trinajstić information content (AvgIpc) is 3.53. The van der Waals surface area contributed by atoms with E-state index in [0.717, 1.165) is 16.7 Å². The van der Waals surface area contributed by atoms with Crippen molar-refractivity contribution in [3.63, 3.8) is 0 Å². The molecule has 0 saturated carbocycles. The van der Waals surface area contributed by atoms with Crippen LogP contribution in [0.3, 0.4) is 0 Å². The van der Waals surface area contributed by atoms with E-state index < -0.39 is 0 Å². The zero-order valence-corrected chi connectivity index (χ0v) is 16.9. The van der Waals surface area contributed by atoms with Gasteiger partial charge in [0.1, 0.15) is 19.1 Å². The van der Waals surface area contributed by atoms with Gasteiger partial charge in [-0.1, -0.05) is 29.5 Å². The van der Waals surface area contributed by atoms with Gasteiger partial charge < -0.3 is 4.42 Å². The molecule has 0 atom stereocenters. The molecule has 148 valence electrons. The van der Waals surface area contributed by atoms with E-state index in [1.807, 2.05) is 48.5 Å². The van der Waals surface area contributed by atoms with Crippen molar-refractivity contribution >= 4 is 57.7 Å². The summed E-state index contributed by atoms with van der Waals surface area (Å²) in [6.07, 6.45) is 4.75. The van der Waals surface area contributed by atoms with Gasteiger partial charge in [0.25, 0.3) is 5.91 Å². The van der Waals surface area contributed by atoms with E-state index in [4.69, 9.17) is 12.3 Å². The van der Waals surface area contributed by atoms with Gasteiger partial charge in [-0.25, -0.2) is 9.67 Å². The van der Waals surface area contributed by atoms with Gasteiger partial charge in [0.2, 0.25) is 0 Å². The number of furan rings is 1. The van der Waals surface area contributed by atoms with Gasteiger partial charge in [-0.3, -0.25) is 10.1 Å². The fraction of sp³-hybridized carbons (Fsp3) is 0. The quantitative estimate of drug-likeness (QED) is 0.346. The number of para-hydroxylation sites is 1. The number of aromatic nitrogens is 4. The molecular weight excluding hydrogens is 409 g/mol. The molecule has 3 heterocycles. The van der Waals surface area contributed by atoms with E-state index in [1.54, 1.807) is 29.2 Å². The summed E-state index contributed by atoms with van der Waals surface area (Å²) in [7, 11) is 5.72. The molecule has 0 aliphatic heterocycles. The third-order valence-electron chi connectivity index (χ3n) is 4.59. The second-order valence-electron chi connectivity index (χ2n) is 6.63. The van der Waals surface area contributed by atoms with Crippen molar-refractivity contribution in [3.05, 3.63) is 84.4 Å². The monoisotopic (exact) mass is 423 g/mol. The Kier molecular flexibility index (Phi) is 4.93. The number of benzene rings is 2. The minimum Gasteiger partial charge on any atom is -0.465 e. The number of nitrogens with zero attached hydrogens (tertiary/aromatic N) is 4. The molecule has 0 saturated heterocycles. The van der Waals surface area contributed by atoms with Crippen LogP contribution in [-0.4, -0.2) is 33.7 Å². The summed E-state index contributed by atoms with van der Waals surface area (Å²) in [5, 5.41) is 11.6. The Labute approximate surface area is 182 Å². The summed E-state index contributed by atoms with van der Waals surface area (Å²) < 4.78 is 7.69. The maximum absolute atomic E-state index is 13.0. The van der Waals surface area contributed by atoms with Crippen molar-refractivity contribution in [2.45, 2.75) is 0 Å². The maximum atomic E-state index is 13.0. The van der Waals surface area contributed by atoms with Gasteiger partial charge in [-0.05, 0) is 52.8 Å². The molecular formula is C22H14BN5O2S.